The summed E-state index contributed by atoms with van der Waals surface area (Å²) >= 11 is 0. The van der Waals surface area contributed by atoms with E-state index >= 15 is 0 Å². The van der Waals surface area contributed by atoms with Gasteiger partial charge in [0.05, 0.1) is 0 Å². The lowest BCUT2D eigenvalue weighted by atomic mass is 10.0. The largest absolute Gasteiger partial charge is 0.361 e. The van der Waals surface area contributed by atoms with E-state index in [4.69, 9.17) is 0 Å². The number of fused-ring (bicyclic) bond motifs is 1. The molecule has 1 heterocycles. The first-order valence-electron chi connectivity index (χ1n) is 7.52. The van der Waals surface area contributed by atoms with Crippen molar-refractivity contribution < 1.29 is 0 Å². The molecule has 3 aromatic rings. The van der Waals surface area contributed by atoms with Crippen LogP contribution in [-0.2, 0) is 0 Å². The van der Waals surface area contributed by atoms with E-state index in [1.165, 1.54) is 10.9 Å². The molecule has 0 saturated heterocycles. The lowest BCUT2D eigenvalue weighted by Crippen LogP contribution is -2.08. The Hall–Kier alpha value is -2.68. The van der Waals surface area contributed by atoms with Gasteiger partial charge < -0.3 is 15.6 Å². The smallest absolute Gasteiger partial charge is 0.100 e. The Labute approximate surface area is 131 Å². The molecule has 0 saturated carbocycles. The quantitative estimate of drug-likeness (QED) is 0.598. The van der Waals surface area contributed by atoms with E-state index in [-0.39, 0.29) is 0 Å². The highest BCUT2D eigenvalue weighted by molar-refractivity contribution is 5.83. The van der Waals surface area contributed by atoms with Gasteiger partial charge in [0.1, 0.15) is 5.82 Å². The van der Waals surface area contributed by atoms with E-state index in [2.05, 4.69) is 78.5 Å². The second-order valence-electron chi connectivity index (χ2n) is 5.78. The van der Waals surface area contributed by atoms with Crippen LogP contribution < -0.4 is 10.6 Å². The topological polar surface area (TPSA) is 39.8 Å². The van der Waals surface area contributed by atoms with E-state index in [0.29, 0.717) is 5.92 Å². The number of hydrogen-bond acceptors (Lipinski definition) is 2. The van der Waals surface area contributed by atoms with Crippen LogP contribution in [0.3, 0.4) is 0 Å². The zero-order chi connectivity index (χ0) is 15.5. The summed E-state index contributed by atoms with van der Waals surface area (Å²) in [7, 11) is 0. The second-order valence-corrected chi connectivity index (χ2v) is 5.78. The highest BCUT2D eigenvalue weighted by Gasteiger charge is 2.01. The van der Waals surface area contributed by atoms with E-state index in [9.17, 15) is 0 Å². The van der Waals surface area contributed by atoms with Crippen molar-refractivity contribution >= 4 is 22.3 Å². The predicted octanol–water partition coefficient (Wildman–Crippen LogP) is 5.29. The van der Waals surface area contributed by atoms with Gasteiger partial charge in [-0.1, -0.05) is 32.6 Å². The summed E-state index contributed by atoms with van der Waals surface area (Å²) in [6.07, 6.45) is 1.94. The molecule has 1 aromatic heterocycles. The number of rotatable bonds is 5. The molecule has 2 aromatic carbocycles. The van der Waals surface area contributed by atoms with Crippen molar-refractivity contribution in [1.29, 1.82) is 0 Å². The van der Waals surface area contributed by atoms with Gasteiger partial charge in [-0.3, -0.25) is 0 Å². The fourth-order valence-electron chi connectivity index (χ4n) is 2.46. The fraction of sp³-hybridized carbons (Fsp3) is 0.158. The molecule has 112 valence electrons. The number of aromatic nitrogens is 1. The Morgan fingerprint density at radius 2 is 1.64 bits per heavy atom. The zero-order valence-electron chi connectivity index (χ0n) is 13.0. The number of H-pyrrole nitrogens is 1. The van der Waals surface area contributed by atoms with Crippen LogP contribution in [0.5, 0.6) is 0 Å². The van der Waals surface area contributed by atoms with Gasteiger partial charge in [-0.2, -0.15) is 0 Å². The molecule has 0 spiro atoms. The molecule has 0 aliphatic carbocycles. The van der Waals surface area contributed by atoms with Crippen LogP contribution in [0.1, 0.15) is 25.3 Å². The highest BCUT2D eigenvalue weighted by atomic mass is 15.1. The van der Waals surface area contributed by atoms with Gasteiger partial charge in [0.2, 0.25) is 0 Å². The van der Waals surface area contributed by atoms with Crippen LogP contribution in [0.25, 0.3) is 10.9 Å². The first kappa shape index (κ1) is 14.3. The molecule has 3 nitrogen and oxygen atoms in total. The van der Waals surface area contributed by atoms with Crippen LogP contribution in [0.2, 0.25) is 0 Å². The third-order valence-corrected chi connectivity index (χ3v) is 3.72. The molecular formula is C19H21N3. The summed E-state index contributed by atoms with van der Waals surface area (Å²) in [5, 5.41) is 7.75. The first-order valence-corrected chi connectivity index (χ1v) is 7.52. The van der Waals surface area contributed by atoms with Gasteiger partial charge >= 0.3 is 0 Å². The summed E-state index contributed by atoms with van der Waals surface area (Å²) < 4.78 is 0. The molecule has 0 radical (unpaired) electrons. The number of aromatic amines is 1. The van der Waals surface area contributed by atoms with Crippen molar-refractivity contribution in [2.75, 3.05) is 10.6 Å². The van der Waals surface area contributed by atoms with Crippen molar-refractivity contribution in [3.63, 3.8) is 0 Å². The summed E-state index contributed by atoms with van der Waals surface area (Å²) in [6.45, 7) is 8.43. The number of hydrogen-bond donors (Lipinski definition) is 3. The maximum Gasteiger partial charge on any atom is 0.100 e. The maximum atomic E-state index is 4.04. The molecule has 0 atom stereocenters. The minimum Gasteiger partial charge on any atom is -0.361 e. The van der Waals surface area contributed by atoms with E-state index in [1.807, 2.05) is 12.3 Å². The van der Waals surface area contributed by atoms with Crippen molar-refractivity contribution in [1.82, 2.24) is 4.98 Å². The molecule has 0 aliphatic rings. The molecule has 0 unspecified atom stereocenters. The molecule has 0 fully saturated rings. The summed E-state index contributed by atoms with van der Waals surface area (Å²) in [6, 6.07) is 16.7. The Morgan fingerprint density at radius 1 is 0.955 bits per heavy atom. The predicted molar refractivity (Wildman–Crippen MR) is 95.2 cm³/mol. The molecule has 0 aliphatic heterocycles. The highest BCUT2D eigenvalue weighted by Crippen LogP contribution is 2.21. The summed E-state index contributed by atoms with van der Waals surface area (Å²) in [5.41, 5.74) is 4.52. The third-order valence-electron chi connectivity index (χ3n) is 3.72. The second kappa shape index (κ2) is 5.98. The van der Waals surface area contributed by atoms with Crippen LogP contribution in [-0.4, -0.2) is 4.98 Å². The van der Waals surface area contributed by atoms with Gasteiger partial charge in [-0.05, 0) is 47.9 Å². The van der Waals surface area contributed by atoms with Crippen molar-refractivity contribution in [2.24, 2.45) is 0 Å². The molecular weight excluding hydrogens is 270 g/mol. The molecule has 0 bridgehead atoms. The van der Waals surface area contributed by atoms with Crippen LogP contribution in [0.4, 0.5) is 11.4 Å². The van der Waals surface area contributed by atoms with Crippen molar-refractivity contribution in [3.8, 4) is 0 Å². The summed E-state index contributed by atoms with van der Waals surface area (Å²) in [5.74, 6) is 1.30. The fourth-order valence-corrected chi connectivity index (χ4v) is 2.46. The Bertz CT molecular complexity index is 782. The van der Waals surface area contributed by atoms with Crippen LogP contribution >= 0.6 is 0 Å². The lowest BCUT2D eigenvalue weighted by molar-refractivity contribution is 0.867. The molecule has 3 heteroatoms. The average molecular weight is 291 g/mol. The minimum atomic E-state index is 0.545. The normalized spacial score (nSPS) is 10.9. The first-order chi connectivity index (χ1) is 10.6. The lowest BCUT2D eigenvalue weighted by Gasteiger charge is -2.13. The SMILES string of the molecule is C=C(Nc1ccc(C(C)C)cc1)Nc1ccc2[nH]ccc2c1. The van der Waals surface area contributed by atoms with Crippen molar-refractivity contribution in [2.45, 2.75) is 19.8 Å². The minimum absolute atomic E-state index is 0.545. The van der Waals surface area contributed by atoms with Gasteiger partial charge in [-0.25, -0.2) is 0 Å². The monoisotopic (exact) mass is 291 g/mol. The maximum absolute atomic E-state index is 4.04. The van der Waals surface area contributed by atoms with Crippen LogP contribution in [0.15, 0.2) is 67.1 Å². The van der Waals surface area contributed by atoms with E-state index < -0.39 is 0 Å². The van der Waals surface area contributed by atoms with Gasteiger partial charge in [0.25, 0.3) is 0 Å². The molecule has 0 amide bonds. The van der Waals surface area contributed by atoms with E-state index in [0.717, 1.165) is 22.7 Å². The standard InChI is InChI=1S/C19H21N3/c1-13(2)15-4-6-17(7-5-15)21-14(3)22-18-8-9-19-16(12-18)10-11-20-19/h4-13,20-22H,3H2,1-2H3. The Kier molecular flexibility index (Phi) is 3.88. The number of benzene rings is 2. The molecule has 3 rings (SSSR count). The summed E-state index contributed by atoms with van der Waals surface area (Å²) in [4.78, 5) is 3.19. The molecule has 22 heavy (non-hydrogen) atoms. The van der Waals surface area contributed by atoms with Gasteiger partial charge in [0.15, 0.2) is 0 Å². The van der Waals surface area contributed by atoms with E-state index in [1.54, 1.807) is 0 Å². The van der Waals surface area contributed by atoms with Gasteiger partial charge in [-0.15, -0.1) is 0 Å². The van der Waals surface area contributed by atoms with Gasteiger partial charge in [0, 0.05) is 28.5 Å². The number of anilines is 2. The van der Waals surface area contributed by atoms with Crippen LogP contribution in [0, 0.1) is 0 Å². The van der Waals surface area contributed by atoms with Crippen molar-refractivity contribution in [3.05, 3.63) is 72.7 Å². The zero-order valence-corrected chi connectivity index (χ0v) is 13.0. The average Bonchev–Trinajstić information content (AvgIpc) is 2.95. The third kappa shape index (κ3) is 3.14. The Balaban J connectivity index is 1.66. The molecule has 3 N–H and O–H groups in total. The Morgan fingerprint density at radius 3 is 2.36 bits per heavy atom. The number of nitrogens with one attached hydrogen (secondary N) is 3.